The van der Waals surface area contributed by atoms with Crippen molar-refractivity contribution in [1.82, 2.24) is 0 Å². The van der Waals surface area contributed by atoms with Crippen molar-refractivity contribution in [2.75, 3.05) is 0 Å². The zero-order valence-electron chi connectivity index (χ0n) is 14.8. The summed E-state index contributed by atoms with van der Waals surface area (Å²) >= 11 is 0. The average Bonchev–Trinajstić information content (AvgIpc) is 2.37. The summed E-state index contributed by atoms with van der Waals surface area (Å²) in [6.07, 6.45) is 0. The number of ketones is 1. The predicted octanol–water partition coefficient (Wildman–Crippen LogP) is 4.36. The lowest BCUT2D eigenvalue weighted by molar-refractivity contribution is -0.161. The highest BCUT2D eigenvalue weighted by Crippen LogP contribution is 2.34. The Balaban J connectivity index is 3.16. The summed E-state index contributed by atoms with van der Waals surface area (Å²) in [5.41, 5.74) is -0.213. The number of carbonyl (C=O) groups is 2. The quantitative estimate of drug-likeness (QED) is 0.776. The van der Waals surface area contributed by atoms with E-state index in [0.717, 1.165) is 5.56 Å². The molecule has 1 unspecified atom stereocenters. The summed E-state index contributed by atoms with van der Waals surface area (Å²) in [5, 5.41) is 0. The van der Waals surface area contributed by atoms with E-state index in [1.165, 1.54) is 0 Å². The van der Waals surface area contributed by atoms with Gasteiger partial charge in [-0.15, -0.1) is 0 Å². The van der Waals surface area contributed by atoms with Crippen LogP contribution in [0.4, 0.5) is 0 Å². The van der Waals surface area contributed by atoms with Crippen LogP contribution in [0.15, 0.2) is 30.3 Å². The number of carbonyl (C=O) groups excluding carboxylic acids is 2. The summed E-state index contributed by atoms with van der Waals surface area (Å²) < 4.78 is 5.47. The van der Waals surface area contributed by atoms with Crippen LogP contribution in [-0.4, -0.2) is 17.4 Å². The van der Waals surface area contributed by atoms with Gasteiger partial charge in [0, 0.05) is 5.41 Å². The molecule has 2 atom stereocenters. The molecule has 0 saturated heterocycles. The number of rotatable bonds is 4. The molecule has 1 rings (SSSR count). The molecule has 122 valence electrons. The molecule has 3 heteroatoms. The van der Waals surface area contributed by atoms with E-state index in [1.54, 1.807) is 6.92 Å². The van der Waals surface area contributed by atoms with E-state index in [1.807, 2.05) is 71.9 Å². The molecule has 0 bridgehead atoms. The molecule has 22 heavy (non-hydrogen) atoms. The monoisotopic (exact) mass is 304 g/mol. The molecular weight excluding hydrogens is 276 g/mol. The van der Waals surface area contributed by atoms with E-state index in [2.05, 4.69) is 0 Å². The van der Waals surface area contributed by atoms with Crippen molar-refractivity contribution in [3.05, 3.63) is 35.9 Å². The van der Waals surface area contributed by atoms with Crippen LogP contribution in [0.3, 0.4) is 0 Å². The zero-order chi connectivity index (χ0) is 17.1. The van der Waals surface area contributed by atoms with Gasteiger partial charge in [0.15, 0.2) is 0 Å². The highest BCUT2D eigenvalue weighted by Gasteiger charge is 2.38. The lowest BCUT2D eigenvalue weighted by atomic mass is 9.74. The van der Waals surface area contributed by atoms with Gasteiger partial charge >= 0.3 is 5.97 Å². The highest BCUT2D eigenvalue weighted by molar-refractivity contribution is 5.94. The fourth-order valence-corrected chi connectivity index (χ4v) is 2.32. The lowest BCUT2D eigenvalue weighted by Crippen LogP contribution is -2.37. The molecule has 0 N–H and O–H groups in total. The van der Waals surface area contributed by atoms with Gasteiger partial charge in [0.2, 0.25) is 0 Å². The van der Waals surface area contributed by atoms with Gasteiger partial charge in [0.05, 0.1) is 11.8 Å². The van der Waals surface area contributed by atoms with Crippen LogP contribution < -0.4 is 0 Å². The Morgan fingerprint density at radius 3 is 1.86 bits per heavy atom. The van der Waals surface area contributed by atoms with E-state index in [0.29, 0.717) is 0 Å². The first-order valence-corrected chi connectivity index (χ1v) is 7.75. The normalized spacial score (nSPS) is 15.0. The average molecular weight is 304 g/mol. The molecular formula is C19H28O3. The molecule has 0 aliphatic carbocycles. The van der Waals surface area contributed by atoms with Crippen molar-refractivity contribution in [2.45, 2.75) is 60.0 Å². The minimum atomic E-state index is -0.558. The molecule has 0 spiro atoms. The van der Waals surface area contributed by atoms with Crippen molar-refractivity contribution in [3.8, 4) is 0 Å². The van der Waals surface area contributed by atoms with Gasteiger partial charge in [-0.3, -0.25) is 9.59 Å². The molecule has 0 heterocycles. The first-order valence-electron chi connectivity index (χ1n) is 7.75. The first kappa shape index (κ1) is 18.4. The van der Waals surface area contributed by atoms with Crippen molar-refractivity contribution >= 4 is 11.8 Å². The summed E-state index contributed by atoms with van der Waals surface area (Å²) in [4.78, 5) is 25.3. The second-order valence-electron chi connectivity index (χ2n) is 7.82. The van der Waals surface area contributed by atoms with Crippen LogP contribution in [0.1, 0.15) is 59.9 Å². The van der Waals surface area contributed by atoms with E-state index in [-0.39, 0.29) is 11.8 Å². The van der Waals surface area contributed by atoms with Gasteiger partial charge in [0.1, 0.15) is 11.4 Å². The summed E-state index contributed by atoms with van der Waals surface area (Å²) in [6.45, 7) is 12.9. The summed E-state index contributed by atoms with van der Waals surface area (Å²) in [7, 11) is 0. The predicted molar refractivity (Wildman–Crippen MR) is 88.7 cm³/mol. The molecule has 0 aliphatic heterocycles. The maximum Gasteiger partial charge on any atom is 0.310 e. The van der Waals surface area contributed by atoms with Crippen LogP contribution in [0.25, 0.3) is 0 Å². The van der Waals surface area contributed by atoms with Crippen LogP contribution in [0.5, 0.6) is 0 Å². The van der Waals surface area contributed by atoms with Gasteiger partial charge < -0.3 is 4.74 Å². The second-order valence-corrected chi connectivity index (χ2v) is 7.82. The molecule has 0 saturated carbocycles. The molecule has 0 aromatic heterocycles. The fraction of sp³-hybridized carbons (Fsp3) is 0.579. The third-order valence-corrected chi connectivity index (χ3v) is 3.46. The number of benzene rings is 1. The van der Waals surface area contributed by atoms with E-state index >= 15 is 0 Å². The van der Waals surface area contributed by atoms with Gasteiger partial charge in [-0.2, -0.15) is 0 Å². The Hall–Kier alpha value is -1.64. The highest BCUT2D eigenvalue weighted by atomic mass is 16.6. The molecule has 3 nitrogen and oxygen atoms in total. The van der Waals surface area contributed by atoms with Crippen molar-refractivity contribution in [3.63, 3.8) is 0 Å². The maximum absolute atomic E-state index is 12.9. The zero-order valence-corrected chi connectivity index (χ0v) is 14.8. The van der Waals surface area contributed by atoms with E-state index in [9.17, 15) is 9.59 Å². The van der Waals surface area contributed by atoms with Gasteiger partial charge in [-0.25, -0.2) is 0 Å². The smallest absolute Gasteiger partial charge is 0.310 e. The fourth-order valence-electron chi connectivity index (χ4n) is 2.32. The molecule has 0 fully saturated rings. The number of hydrogen-bond donors (Lipinski definition) is 0. The lowest BCUT2D eigenvalue weighted by Gasteiger charge is -2.30. The maximum atomic E-state index is 12.9. The summed E-state index contributed by atoms with van der Waals surface area (Å²) in [5.74, 6) is -1.29. The van der Waals surface area contributed by atoms with Gasteiger partial charge in [-0.1, -0.05) is 58.0 Å². The van der Waals surface area contributed by atoms with Crippen LogP contribution in [0, 0.1) is 11.3 Å². The molecule has 0 aliphatic rings. The minimum Gasteiger partial charge on any atom is -0.460 e. The third-order valence-electron chi connectivity index (χ3n) is 3.46. The SMILES string of the molecule is CC(C(=O)OC(C)(C)C)[C@@H](C(=O)C(C)(C)C)c1ccccc1. The molecule has 1 aromatic rings. The Morgan fingerprint density at radius 2 is 1.45 bits per heavy atom. The van der Waals surface area contributed by atoms with Gasteiger partial charge in [0.25, 0.3) is 0 Å². The van der Waals surface area contributed by atoms with Crippen LogP contribution in [0.2, 0.25) is 0 Å². The number of ether oxygens (including phenoxy) is 1. The first-order chi connectivity index (χ1) is 9.93. The van der Waals surface area contributed by atoms with Crippen molar-refractivity contribution in [1.29, 1.82) is 0 Å². The molecule has 0 amide bonds. The number of Topliss-reactive ketones (excluding diaryl/α,β-unsaturated/α-hetero) is 1. The van der Waals surface area contributed by atoms with Crippen LogP contribution >= 0.6 is 0 Å². The minimum absolute atomic E-state index is 0.0528. The Bertz CT molecular complexity index is 518. The largest absolute Gasteiger partial charge is 0.460 e. The third kappa shape index (κ3) is 4.97. The molecule has 0 radical (unpaired) electrons. The number of esters is 1. The van der Waals surface area contributed by atoms with Crippen LogP contribution in [-0.2, 0) is 14.3 Å². The second kappa shape index (κ2) is 6.64. The Labute approximate surface area is 134 Å². The summed E-state index contributed by atoms with van der Waals surface area (Å²) in [6, 6.07) is 9.48. The van der Waals surface area contributed by atoms with Gasteiger partial charge in [-0.05, 0) is 26.3 Å². The van der Waals surface area contributed by atoms with Crippen molar-refractivity contribution in [2.24, 2.45) is 11.3 Å². The number of hydrogen-bond acceptors (Lipinski definition) is 3. The molecule has 1 aromatic carbocycles. The standard InChI is InChI=1S/C19H28O3/c1-13(17(21)22-19(5,6)7)15(16(20)18(2,3)4)14-11-9-8-10-12-14/h8-13,15H,1-7H3/t13?,15-/m1/s1. The van der Waals surface area contributed by atoms with Crippen molar-refractivity contribution < 1.29 is 14.3 Å². The van der Waals surface area contributed by atoms with E-state index < -0.39 is 22.9 Å². The Kier molecular flexibility index (Phi) is 5.55. The van der Waals surface area contributed by atoms with E-state index in [4.69, 9.17) is 4.74 Å². The Morgan fingerprint density at radius 1 is 0.955 bits per heavy atom. The topological polar surface area (TPSA) is 43.4 Å².